The number of nitrogens with two attached hydrogens (primary N) is 1. The molecule has 20 heavy (non-hydrogen) atoms. The Balaban J connectivity index is 2.21. The van der Waals surface area contributed by atoms with Gasteiger partial charge < -0.3 is 20.7 Å². The number of ether oxygens (including phenoxy) is 1. The normalized spacial score (nSPS) is 17.9. The average Bonchev–Trinajstić information content (AvgIpc) is 2.45. The van der Waals surface area contributed by atoms with Crippen molar-refractivity contribution in [3.8, 4) is 0 Å². The van der Waals surface area contributed by atoms with E-state index in [0.717, 1.165) is 19.3 Å². The van der Waals surface area contributed by atoms with Crippen LogP contribution in [0.1, 0.15) is 32.6 Å². The monoisotopic (exact) mass is 285 g/mol. The highest BCUT2D eigenvalue weighted by molar-refractivity contribution is 5.78. The molecule has 1 saturated heterocycles. The molecule has 6 nitrogen and oxygen atoms in total. The third kappa shape index (κ3) is 5.88. The van der Waals surface area contributed by atoms with E-state index in [2.05, 4.69) is 5.32 Å². The van der Waals surface area contributed by atoms with Crippen molar-refractivity contribution in [3.63, 3.8) is 0 Å². The highest BCUT2D eigenvalue weighted by atomic mass is 16.5. The summed E-state index contributed by atoms with van der Waals surface area (Å²) in [5.41, 5.74) is 5.53. The van der Waals surface area contributed by atoms with Crippen LogP contribution in [0.2, 0.25) is 0 Å². The minimum absolute atomic E-state index is 0.0223. The SMILES string of the molecule is COCC(=O)N1CCC(NC(=O)CCC(C)CN)CC1. The van der Waals surface area contributed by atoms with E-state index in [1.54, 1.807) is 4.90 Å². The quantitative estimate of drug-likeness (QED) is 0.695. The second-order valence-corrected chi connectivity index (χ2v) is 5.54. The van der Waals surface area contributed by atoms with Gasteiger partial charge in [-0.15, -0.1) is 0 Å². The summed E-state index contributed by atoms with van der Waals surface area (Å²) in [7, 11) is 1.52. The number of nitrogens with zero attached hydrogens (tertiary/aromatic N) is 1. The second kappa shape index (κ2) is 8.92. The van der Waals surface area contributed by atoms with Crippen LogP contribution >= 0.6 is 0 Å². The van der Waals surface area contributed by atoms with E-state index in [1.165, 1.54) is 7.11 Å². The van der Waals surface area contributed by atoms with Crippen molar-refractivity contribution in [3.05, 3.63) is 0 Å². The minimum atomic E-state index is 0.0223. The molecular formula is C14H27N3O3. The summed E-state index contributed by atoms with van der Waals surface area (Å²) in [5.74, 6) is 0.496. The van der Waals surface area contributed by atoms with Gasteiger partial charge in [-0.3, -0.25) is 9.59 Å². The number of hydrogen-bond acceptors (Lipinski definition) is 4. The largest absolute Gasteiger partial charge is 0.375 e. The summed E-state index contributed by atoms with van der Waals surface area (Å²) in [5, 5.41) is 3.04. The van der Waals surface area contributed by atoms with Crippen molar-refractivity contribution in [2.24, 2.45) is 11.7 Å². The zero-order chi connectivity index (χ0) is 15.0. The molecule has 0 aromatic rings. The molecule has 1 fully saturated rings. The number of carbonyl (C=O) groups excluding carboxylic acids is 2. The van der Waals surface area contributed by atoms with Crippen LogP contribution in [0.5, 0.6) is 0 Å². The molecule has 3 N–H and O–H groups in total. The number of rotatable bonds is 7. The Morgan fingerprint density at radius 2 is 2.05 bits per heavy atom. The Labute approximate surface area is 121 Å². The molecule has 0 bridgehead atoms. The van der Waals surface area contributed by atoms with Gasteiger partial charge in [-0.1, -0.05) is 6.92 Å². The lowest BCUT2D eigenvalue weighted by Crippen LogP contribution is -2.47. The third-order valence-corrected chi connectivity index (χ3v) is 3.75. The number of hydrogen-bond donors (Lipinski definition) is 2. The number of carbonyl (C=O) groups is 2. The summed E-state index contributed by atoms with van der Waals surface area (Å²) < 4.78 is 4.84. The van der Waals surface area contributed by atoms with Crippen LogP contribution in [0, 0.1) is 5.92 Å². The van der Waals surface area contributed by atoms with Crippen molar-refractivity contribution in [1.82, 2.24) is 10.2 Å². The highest BCUT2D eigenvalue weighted by Gasteiger charge is 2.23. The van der Waals surface area contributed by atoms with Crippen LogP contribution in [0.15, 0.2) is 0 Å². The number of nitrogens with one attached hydrogen (secondary N) is 1. The molecule has 0 saturated carbocycles. The van der Waals surface area contributed by atoms with E-state index in [1.807, 2.05) is 6.92 Å². The molecule has 0 aromatic heterocycles. The van der Waals surface area contributed by atoms with Crippen LogP contribution in [-0.4, -0.2) is 56.1 Å². The summed E-state index contributed by atoms with van der Waals surface area (Å²) >= 11 is 0. The van der Waals surface area contributed by atoms with Gasteiger partial charge in [-0.2, -0.15) is 0 Å². The van der Waals surface area contributed by atoms with Gasteiger partial charge in [0.15, 0.2) is 0 Å². The molecule has 0 aromatic carbocycles. The first-order chi connectivity index (χ1) is 9.56. The van der Waals surface area contributed by atoms with Crippen molar-refractivity contribution in [2.75, 3.05) is 33.4 Å². The van der Waals surface area contributed by atoms with E-state index < -0.39 is 0 Å². The Morgan fingerprint density at radius 1 is 1.40 bits per heavy atom. The minimum Gasteiger partial charge on any atom is -0.375 e. The first kappa shape index (κ1) is 16.9. The third-order valence-electron chi connectivity index (χ3n) is 3.75. The maximum absolute atomic E-state index is 11.8. The Kier molecular flexibility index (Phi) is 7.54. The zero-order valence-corrected chi connectivity index (χ0v) is 12.6. The molecule has 6 heteroatoms. The summed E-state index contributed by atoms with van der Waals surface area (Å²) in [6.45, 7) is 4.17. The molecule has 1 aliphatic heterocycles. The Morgan fingerprint density at radius 3 is 2.60 bits per heavy atom. The van der Waals surface area contributed by atoms with Crippen LogP contribution < -0.4 is 11.1 Å². The van der Waals surface area contributed by atoms with Gasteiger partial charge in [0.1, 0.15) is 6.61 Å². The van der Waals surface area contributed by atoms with Crippen LogP contribution in [-0.2, 0) is 14.3 Å². The van der Waals surface area contributed by atoms with Gasteiger partial charge in [0.05, 0.1) is 0 Å². The fraction of sp³-hybridized carbons (Fsp3) is 0.857. The maximum Gasteiger partial charge on any atom is 0.248 e. The maximum atomic E-state index is 11.8. The fourth-order valence-electron chi connectivity index (χ4n) is 2.28. The number of likely N-dealkylation sites (tertiary alicyclic amines) is 1. The summed E-state index contributed by atoms with van der Waals surface area (Å²) in [6.07, 6.45) is 2.98. The number of methoxy groups -OCH3 is 1. The Hall–Kier alpha value is -1.14. The van der Waals surface area contributed by atoms with Gasteiger partial charge in [0, 0.05) is 32.7 Å². The number of piperidine rings is 1. The predicted molar refractivity (Wildman–Crippen MR) is 77.1 cm³/mol. The number of amides is 2. The first-order valence-corrected chi connectivity index (χ1v) is 7.33. The summed E-state index contributed by atoms with van der Waals surface area (Å²) in [4.78, 5) is 25.2. The Bertz CT molecular complexity index is 315. The van der Waals surface area contributed by atoms with Gasteiger partial charge in [-0.05, 0) is 31.7 Å². The zero-order valence-electron chi connectivity index (χ0n) is 12.6. The van der Waals surface area contributed by atoms with E-state index in [-0.39, 0.29) is 24.5 Å². The van der Waals surface area contributed by atoms with Gasteiger partial charge >= 0.3 is 0 Å². The van der Waals surface area contributed by atoms with Crippen LogP contribution in [0.4, 0.5) is 0 Å². The first-order valence-electron chi connectivity index (χ1n) is 7.33. The molecule has 0 aliphatic carbocycles. The van der Waals surface area contributed by atoms with E-state index in [9.17, 15) is 9.59 Å². The van der Waals surface area contributed by atoms with Crippen molar-refractivity contribution in [1.29, 1.82) is 0 Å². The molecule has 1 unspecified atom stereocenters. The average molecular weight is 285 g/mol. The van der Waals surface area contributed by atoms with Crippen molar-refractivity contribution < 1.29 is 14.3 Å². The van der Waals surface area contributed by atoms with Gasteiger partial charge in [0.25, 0.3) is 0 Å². The molecule has 0 spiro atoms. The fourth-order valence-corrected chi connectivity index (χ4v) is 2.28. The highest BCUT2D eigenvalue weighted by Crippen LogP contribution is 2.11. The van der Waals surface area contributed by atoms with E-state index >= 15 is 0 Å². The smallest absolute Gasteiger partial charge is 0.248 e. The molecule has 1 atom stereocenters. The molecule has 116 valence electrons. The van der Waals surface area contributed by atoms with Crippen molar-refractivity contribution >= 4 is 11.8 Å². The molecular weight excluding hydrogens is 258 g/mol. The van der Waals surface area contributed by atoms with Gasteiger partial charge in [0.2, 0.25) is 11.8 Å². The molecule has 2 amide bonds. The van der Waals surface area contributed by atoms with Crippen molar-refractivity contribution in [2.45, 2.75) is 38.6 Å². The molecule has 0 radical (unpaired) electrons. The lowest BCUT2D eigenvalue weighted by Gasteiger charge is -2.32. The standard InChI is InChI=1S/C14H27N3O3/c1-11(9-15)3-4-13(18)16-12-5-7-17(8-6-12)14(19)10-20-2/h11-12H,3-10,15H2,1-2H3,(H,16,18). The molecule has 1 heterocycles. The topological polar surface area (TPSA) is 84.7 Å². The van der Waals surface area contributed by atoms with E-state index in [4.69, 9.17) is 10.5 Å². The molecule has 1 aliphatic rings. The van der Waals surface area contributed by atoms with Crippen LogP contribution in [0.25, 0.3) is 0 Å². The van der Waals surface area contributed by atoms with Crippen LogP contribution in [0.3, 0.4) is 0 Å². The lowest BCUT2D eigenvalue weighted by molar-refractivity contribution is -0.136. The van der Waals surface area contributed by atoms with Gasteiger partial charge in [-0.25, -0.2) is 0 Å². The lowest BCUT2D eigenvalue weighted by atomic mass is 10.0. The second-order valence-electron chi connectivity index (χ2n) is 5.54. The van der Waals surface area contributed by atoms with E-state index in [0.29, 0.717) is 32.0 Å². The molecule has 1 rings (SSSR count). The predicted octanol–water partition coefficient (Wildman–Crippen LogP) is 0.115. The summed E-state index contributed by atoms with van der Waals surface area (Å²) in [6, 6.07) is 0.183.